The van der Waals surface area contributed by atoms with Crippen LogP contribution in [0.25, 0.3) is 6.08 Å². The van der Waals surface area contributed by atoms with E-state index in [4.69, 9.17) is 23.7 Å². The van der Waals surface area contributed by atoms with Crippen LogP contribution in [0.15, 0.2) is 35.2 Å². The van der Waals surface area contributed by atoms with Gasteiger partial charge in [-0.15, -0.1) is 11.8 Å². The molecule has 0 aromatic heterocycles. The summed E-state index contributed by atoms with van der Waals surface area (Å²) in [5, 5.41) is 0. The van der Waals surface area contributed by atoms with E-state index in [0.717, 1.165) is 11.3 Å². The lowest BCUT2D eigenvalue weighted by molar-refractivity contribution is 0.104. The van der Waals surface area contributed by atoms with Crippen molar-refractivity contribution in [3.63, 3.8) is 0 Å². The molecule has 0 unspecified atom stereocenters. The van der Waals surface area contributed by atoms with Crippen LogP contribution in [0.2, 0.25) is 0 Å². The SMILES string of the molecule is CCCCCCCCCCCCCCCCCCSc1ccc(/C=C/C(=O)c2c(OC)c(OC)c(OC)c(OC)c2OC)cc1. The maximum Gasteiger partial charge on any atom is 0.211 e. The molecular weight excluding hydrogens is 584 g/mol. The molecule has 0 N–H and O–H groups in total. The van der Waals surface area contributed by atoms with Gasteiger partial charge < -0.3 is 23.7 Å². The largest absolute Gasteiger partial charge is 0.492 e. The van der Waals surface area contributed by atoms with Crippen LogP contribution >= 0.6 is 11.8 Å². The second-order valence-electron chi connectivity index (χ2n) is 11.5. The van der Waals surface area contributed by atoms with Crippen molar-refractivity contribution in [1.29, 1.82) is 0 Å². The monoisotopic (exact) mass is 642 g/mol. The van der Waals surface area contributed by atoms with Gasteiger partial charge in [-0.25, -0.2) is 0 Å². The Hall–Kier alpha value is -2.80. The average Bonchev–Trinajstić information content (AvgIpc) is 3.07. The summed E-state index contributed by atoms with van der Waals surface area (Å²) in [5.41, 5.74) is 1.14. The van der Waals surface area contributed by atoms with Crippen molar-refractivity contribution in [3.8, 4) is 28.7 Å². The van der Waals surface area contributed by atoms with Crippen LogP contribution < -0.4 is 23.7 Å². The number of hydrogen-bond donors (Lipinski definition) is 0. The third-order valence-electron chi connectivity index (χ3n) is 8.12. The molecular formula is C38H58O6S. The Morgan fingerprint density at radius 2 is 0.933 bits per heavy atom. The van der Waals surface area contributed by atoms with Gasteiger partial charge in [0.1, 0.15) is 5.56 Å². The third kappa shape index (κ3) is 13.2. The minimum Gasteiger partial charge on any atom is -0.492 e. The number of unbranched alkanes of at least 4 members (excludes halogenated alkanes) is 15. The van der Waals surface area contributed by atoms with E-state index in [1.807, 2.05) is 23.9 Å². The first-order chi connectivity index (χ1) is 22.1. The van der Waals surface area contributed by atoms with Crippen molar-refractivity contribution in [2.24, 2.45) is 0 Å². The minimum atomic E-state index is -0.301. The molecule has 0 atom stereocenters. The fraction of sp³-hybridized carbons (Fsp3) is 0.605. The topological polar surface area (TPSA) is 63.2 Å². The molecule has 2 aromatic rings. The predicted molar refractivity (Wildman–Crippen MR) is 189 cm³/mol. The number of carbonyl (C=O) groups is 1. The van der Waals surface area contributed by atoms with E-state index >= 15 is 0 Å². The van der Waals surface area contributed by atoms with Gasteiger partial charge in [-0.3, -0.25) is 4.79 Å². The average molecular weight is 643 g/mol. The zero-order valence-corrected chi connectivity index (χ0v) is 29.7. The van der Waals surface area contributed by atoms with Gasteiger partial charge >= 0.3 is 0 Å². The van der Waals surface area contributed by atoms with Gasteiger partial charge in [0.2, 0.25) is 17.2 Å². The Bertz CT molecular complexity index is 1100. The molecule has 2 rings (SSSR count). The molecule has 6 nitrogen and oxygen atoms in total. The molecule has 0 radical (unpaired) electrons. The lowest BCUT2D eigenvalue weighted by Crippen LogP contribution is -2.08. The summed E-state index contributed by atoms with van der Waals surface area (Å²) in [6.07, 6.45) is 25.6. The number of methoxy groups -OCH3 is 5. The molecule has 0 aliphatic carbocycles. The number of hydrogen-bond acceptors (Lipinski definition) is 7. The van der Waals surface area contributed by atoms with Gasteiger partial charge in [0.15, 0.2) is 17.3 Å². The summed E-state index contributed by atoms with van der Waals surface area (Å²) in [6.45, 7) is 2.29. The lowest BCUT2D eigenvalue weighted by Gasteiger charge is -2.21. The van der Waals surface area contributed by atoms with Crippen molar-refractivity contribution < 1.29 is 28.5 Å². The number of rotatable bonds is 26. The van der Waals surface area contributed by atoms with Crippen molar-refractivity contribution in [2.45, 2.75) is 115 Å². The van der Waals surface area contributed by atoms with Crippen molar-refractivity contribution in [1.82, 2.24) is 0 Å². The highest BCUT2D eigenvalue weighted by Crippen LogP contribution is 2.53. The van der Waals surface area contributed by atoms with E-state index in [9.17, 15) is 4.79 Å². The predicted octanol–water partition coefficient (Wildman–Crippen LogP) is 11.0. The Morgan fingerprint density at radius 3 is 1.33 bits per heavy atom. The molecule has 252 valence electrons. The highest BCUT2D eigenvalue weighted by atomic mass is 32.2. The number of thioether (sulfide) groups is 1. The van der Waals surface area contributed by atoms with Gasteiger partial charge in [0.25, 0.3) is 0 Å². The van der Waals surface area contributed by atoms with Crippen LogP contribution in [0, 0.1) is 0 Å². The van der Waals surface area contributed by atoms with Crippen molar-refractivity contribution >= 4 is 23.6 Å². The van der Waals surface area contributed by atoms with Crippen LogP contribution in [0.3, 0.4) is 0 Å². The van der Waals surface area contributed by atoms with Crippen LogP contribution in [0.5, 0.6) is 28.7 Å². The molecule has 7 heteroatoms. The molecule has 0 saturated carbocycles. The third-order valence-corrected chi connectivity index (χ3v) is 9.22. The fourth-order valence-electron chi connectivity index (χ4n) is 5.58. The first kappa shape index (κ1) is 38.4. The van der Waals surface area contributed by atoms with E-state index < -0.39 is 0 Å². The molecule has 0 saturated heterocycles. The summed E-state index contributed by atoms with van der Waals surface area (Å²) in [7, 11) is 7.40. The molecule has 0 aliphatic heterocycles. The second kappa shape index (κ2) is 23.5. The van der Waals surface area contributed by atoms with Gasteiger partial charge in [-0.05, 0) is 35.9 Å². The fourth-order valence-corrected chi connectivity index (χ4v) is 6.49. The quantitative estimate of drug-likeness (QED) is 0.0438. The summed E-state index contributed by atoms with van der Waals surface area (Å²) in [5.74, 6) is 2.10. The Labute approximate surface area is 277 Å². The van der Waals surface area contributed by atoms with E-state index in [2.05, 4.69) is 19.1 Å². The van der Waals surface area contributed by atoms with Crippen molar-refractivity contribution in [3.05, 3.63) is 41.5 Å². The minimum absolute atomic E-state index is 0.205. The number of carbonyl (C=O) groups excluding carboxylic acids is 1. The summed E-state index contributed by atoms with van der Waals surface area (Å²) in [6, 6.07) is 8.29. The summed E-state index contributed by atoms with van der Waals surface area (Å²) in [4.78, 5) is 14.6. The second-order valence-corrected chi connectivity index (χ2v) is 12.6. The molecule has 0 heterocycles. The lowest BCUT2D eigenvalue weighted by atomic mass is 10.0. The maximum atomic E-state index is 13.4. The maximum absolute atomic E-state index is 13.4. The van der Waals surface area contributed by atoms with Gasteiger partial charge in [-0.2, -0.15) is 0 Å². The van der Waals surface area contributed by atoms with Gasteiger partial charge in [0, 0.05) is 4.90 Å². The first-order valence-corrected chi connectivity index (χ1v) is 17.9. The molecule has 0 spiro atoms. The van der Waals surface area contributed by atoms with Crippen LogP contribution in [-0.4, -0.2) is 47.1 Å². The normalized spacial score (nSPS) is 11.2. The van der Waals surface area contributed by atoms with Crippen LogP contribution in [-0.2, 0) is 0 Å². The molecule has 0 fully saturated rings. The number of ketones is 1. The van der Waals surface area contributed by atoms with E-state index in [1.54, 1.807) is 6.08 Å². The number of allylic oxidation sites excluding steroid dienone is 1. The Morgan fingerprint density at radius 1 is 0.556 bits per heavy atom. The smallest absolute Gasteiger partial charge is 0.211 e. The van der Waals surface area contributed by atoms with E-state index in [-0.39, 0.29) is 34.3 Å². The zero-order chi connectivity index (χ0) is 32.7. The zero-order valence-electron chi connectivity index (χ0n) is 28.8. The molecule has 0 amide bonds. The standard InChI is InChI=1S/C38H58O6S/c1-7-8-9-10-11-12-13-14-15-16-17-18-19-20-21-22-29-45-31-26-23-30(24-27-31)25-28-32(39)33-34(40-2)36(42-4)38(44-6)37(43-5)35(33)41-3/h23-28H,7-22,29H2,1-6H3/b28-25+. The van der Waals surface area contributed by atoms with E-state index in [0.29, 0.717) is 5.75 Å². The molecule has 2 aromatic carbocycles. The van der Waals surface area contributed by atoms with Gasteiger partial charge in [0.05, 0.1) is 35.5 Å². The van der Waals surface area contributed by atoms with Crippen LogP contribution in [0.1, 0.15) is 126 Å². The van der Waals surface area contributed by atoms with Crippen molar-refractivity contribution in [2.75, 3.05) is 41.3 Å². The Balaban J connectivity index is 1.70. The summed E-state index contributed by atoms with van der Waals surface area (Å²) >= 11 is 1.89. The van der Waals surface area contributed by atoms with Gasteiger partial charge in [-0.1, -0.05) is 121 Å². The highest BCUT2D eigenvalue weighted by molar-refractivity contribution is 7.99. The van der Waals surface area contributed by atoms with E-state index in [1.165, 1.54) is 149 Å². The molecule has 45 heavy (non-hydrogen) atoms. The highest BCUT2D eigenvalue weighted by Gasteiger charge is 2.31. The number of ether oxygens (including phenoxy) is 5. The summed E-state index contributed by atoms with van der Waals surface area (Å²) < 4.78 is 27.6. The first-order valence-electron chi connectivity index (χ1n) is 16.9. The van der Waals surface area contributed by atoms with Crippen LogP contribution in [0.4, 0.5) is 0 Å². The Kier molecular flexibility index (Phi) is 20.1. The molecule has 0 aliphatic rings. The number of benzene rings is 2. The molecule has 0 bridgehead atoms.